The minimum absolute atomic E-state index is 0.367. The van der Waals surface area contributed by atoms with Gasteiger partial charge in [-0.25, -0.2) is 0 Å². The lowest BCUT2D eigenvalue weighted by Gasteiger charge is -2.46. The summed E-state index contributed by atoms with van der Waals surface area (Å²) in [6, 6.07) is 2.46. The fraction of sp³-hybridized carbons (Fsp3) is 0.704. The van der Waals surface area contributed by atoms with Crippen LogP contribution in [0.4, 0.5) is 0 Å². The van der Waals surface area contributed by atoms with Crippen molar-refractivity contribution < 1.29 is 0 Å². The highest BCUT2D eigenvalue weighted by Crippen LogP contribution is 2.62. The lowest BCUT2D eigenvalue weighted by atomic mass is 9.58. The van der Waals surface area contributed by atoms with Crippen LogP contribution >= 0.6 is 0 Å². The lowest BCUT2D eigenvalue weighted by Crippen LogP contribution is -2.36. The van der Waals surface area contributed by atoms with Crippen LogP contribution in [0.1, 0.15) is 86.8 Å². The molecule has 3 nitrogen and oxygen atoms in total. The zero-order valence-electron chi connectivity index (χ0n) is 18.3. The maximum absolute atomic E-state index is 10.7. The third-order valence-electron chi connectivity index (χ3n) is 9.63. The van der Waals surface area contributed by atoms with Crippen LogP contribution in [0, 0.1) is 28.1 Å². The first kappa shape index (κ1) is 19.2. The Kier molecular flexibility index (Phi) is 4.67. The molecule has 5 atom stereocenters. The number of nitroso groups, excluding NO2 is 1. The highest BCUT2D eigenvalue weighted by Gasteiger charge is 2.49. The van der Waals surface area contributed by atoms with Gasteiger partial charge in [0.15, 0.2) is 0 Å². The Hall–Kier alpha value is -1.48. The van der Waals surface area contributed by atoms with Crippen molar-refractivity contribution in [1.82, 2.24) is 0 Å². The molecule has 3 heteroatoms. The van der Waals surface area contributed by atoms with E-state index >= 15 is 0 Å². The van der Waals surface area contributed by atoms with E-state index in [2.05, 4.69) is 17.3 Å². The molecule has 4 bridgehead atoms. The SMILES string of the molecule is NCCc1c2cc-2c2c1CCC13C=C(CCC4CCC2C(C4)C1)CC3CCCN=O. The molecule has 30 heavy (non-hydrogen) atoms. The highest BCUT2D eigenvalue weighted by molar-refractivity contribution is 5.91. The van der Waals surface area contributed by atoms with Gasteiger partial charge in [-0.3, -0.25) is 0 Å². The highest BCUT2D eigenvalue weighted by atomic mass is 16.3. The van der Waals surface area contributed by atoms with Gasteiger partial charge in [-0.1, -0.05) is 16.8 Å². The van der Waals surface area contributed by atoms with Crippen LogP contribution in [0.2, 0.25) is 0 Å². The summed E-state index contributed by atoms with van der Waals surface area (Å²) >= 11 is 0. The third-order valence-corrected chi connectivity index (χ3v) is 9.63. The molecule has 1 spiro atoms. The third kappa shape index (κ3) is 2.95. The second-order valence-electron chi connectivity index (χ2n) is 11.1. The molecule has 0 aromatic rings. The van der Waals surface area contributed by atoms with E-state index in [1.165, 1.54) is 64.2 Å². The molecule has 0 aromatic carbocycles. The van der Waals surface area contributed by atoms with Crippen LogP contribution in [0.15, 0.2) is 22.9 Å². The number of nitrogens with two attached hydrogens (primary N) is 1. The first-order valence-electron chi connectivity index (χ1n) is 12.6. The van der Waals surface area contributed by atoms with Gasteiger partial charge in [0.2, 0.25) is 0 Å². The van der Waals surface area contributed by atoms with E-state index in [9.17, 15) is 4.91 Å². The fourth-order valence-corrected chi connectivity index (χ4v) is 8.34. The maximum atomic E-state index is 10.7. The topological polar surface area (TPSA) is 55.4 Å². The minimum Gasteiger partial charge on any atom is -0.330 e. The Morgan fingerprint density at radius 3 is 2.97 bits per heavy atom. The summed E-state index contributed by atoms with van der Waals surface area (Å²) in [5, 5.41) is 3.16. The van der Waals surface area contributed by atoms with Gasteiger partial charge >= 0.3 is 0 Å². The minimum atomic E-state index is 0.367. The molecule has 0 aromatic heterocycles. The van der Waals surface area contributed by atoms with E-state index in [0.29, 0.717) is 12.0 Å². The molecule has 1 saturated carbocycles. The fourth-order valence-electron chi connectivity index (χ4n) is 8.34. The van der Waals surface area contributed by atoms with E-state index < -0.39 is 0 Å². The van der Waals surface area contributed by atoms with Crippen LogP contribution in [-0.4, -0.2) is 13.1 Å². The van der Waals surface area contributed by atoms with Gasteiger partial charge < -0.3 is 5.73 Å². The molecule has 6 rings (SSSR count). The zero-order valence-corrected chi connectivity index (χ0v) is 18.3. The molecule has 2 N–H and O–H groups in total. The summed E-state index contributed by atoms with van der Waals surface area (Å²) in [5.74, 6) is 3.29. The molecular formula is C27H36N2O. The van der Waals surface area contributed by atoms with Crippen LogP contribution in [0.3, 0.4) is 0 Å². The van der Waals surface area contributed by atoms with E-state index in [0.717, 1.165) is 43.1 Å². The van der Waals surface area contributed by atoms with Gasteiger partial charge in [-0.15, -0.1) is 0 Å². The molecule has 0 heterocycles. The summed E-state index contributed by atoms with van der Waals surface area (Å²) in [7, 11) is 0. The summed E-state index contributed by atoms with van der Waals surface area (Å²) in [4.78, 5) is 10.7. The second-order valence-corrected chi connectivity index (χ2v) is 11.1. The molecule has 0 saturated heterocycles. The van der Waals surface area contributed by atoms with Crippen LogP contribution in [0.25, 0.3) is 11.1 Å². The Morgan fingerprint density at radius 1 is 1.17 bits per heavy atom. The molecule has 160 valence electrons. The molecule has 1 fully saturated rings. The smallest absolute Gasteiger partial charge is 0.0811 e. The molecular weight excluding hydrogens is 368 g/mol. The van der Waals surface area contributed by atoms with Crippen molar-refractivity contribution in [2.75, 3.05) is 13.1 Å². The number of rotatable bonds is 6. The number of fused-ring (bicyclic) bond motifs is 5. The summed E-state index contributed by atoms with van der Waals surface area (Å²) in [5.41, 5.74) is 16.5. The summed E-state index contributed by atoms with van der Waals surface area (Å²) < 4.78 is 0. The van der Waals surface area contributed by atoms with Gasteiger partial charge in [-0.05, 0) is 147 Å². The Labute approximate surface area is 180 Å². The average molecular weight is 405 g/mol. The van der Waals surface area contributed by atoms with Crippen LogP contribution < -0.4 is 5.73 Å². The Balaban J connectivity index is 1.41. The van der Waals surface area contributed by atoms with Crippen molar-refractivity contribution in [3.05, 3.63) is 39.3 Å². The number of hydrogen-bond acceptors (Lipinski definition) is 3. The first-order chi connectivity index (χ1) is 14.7. The predicted molar refractivity (Wildman–Crippen MR) is 122 cm³/mol. The normalized spacial score (nSPS) is 35.4. The lowest BCUT2D eigenvalue weighted by molar-refractivity contribution is 0.107. The molecule has 0 amide bonds. The van der Waals surface area contributed by atoms with E-state index in [-0.39, 0.29) is 0 Å². The van der Waals surface area contributed by atoms with Crippen LogP contribution in [-0.2, 0) is 12.8 Å². The first-order valence-corrected chi connectivity index (χ1v) is 12.6. The monoisotopic (exact) mass is 404 g/mol. The predicted octanol–water partition coefficient (Wildman–Crippen LogP) is 6.28. The standard InChI is InChI=1S/C27H36N2O/c28-10-8-22-23-7-9-27-15-18(13-20(27)2-1-11-29-30)4-3-17-5-6-21(19(12-17)16-27)26(23)25-14-24(22)25/h14-15,17,19-21H,1-13,16,28H2. The van der Waals surface area contributed by atoms with Crippen molar-refractivity contribution in [3.8, 4) is 11.1 Å². The number of hydrogen-bond donors (Lipinski definition) is 1. The van der Waals surface area contributed by atoms with Crippen molar-refractivity contribution in [2.24, 2.45) is 34.1 Å². The summed E-state index contributed by atoms with van der Waals surface area (Å²) in [6.07, 6.45) is 18.2. The second kappa shape index (κ2) is 7.29. The summed E-state index contributed by atoms with van der Waals surface area (Å²) in [6.45, 7) is 1.26. The largest absolute Gasteiger partial charge is 0.330 e. The number of benzene rings is 1. The van der Waals surface area contributed by atoms with Crippen molar-refractivity contribution in [2.45, 2.75) is 83.0 Å². The van der Waals surface area contributed by atoms with Gasteiger partial charge in [0.25, 0.3) is 0 Å². The van der Waals surface area contributed by atoms with Crippen LogP contribution in [0.5, 0.6) is 0 Å². The molecule has 6 aliphatic carbocycles. The molecule has 0 radical (unpaired) electrons. The van der Waals surface area contributed by atoms with Gasteiger partial charge in [0, 0.05) is 0 Å². The Bertz CT molecular complexity index is 903. The van der Waals surface area contributed by atoms with Gasteiger partial charge in [0.1, 0.15) is 0 Å². The van der Waals surface area contributed by atoms with E-state index in [4.69, 9.17) is 5.73 Å². The molecule has 0 aliphatic heterocycles. The number of nitrogens with zero attached hydrogens (tertiary/aromatic N) is 1. The van der Waals surface area contributed by atoms with Gasteiger partial charge in [-0.2, -0.15) is 4.91 Å². The Morgan fingerprint density at radius 2 is 2.10 bits per heavy atom. The maximum Gasteiger partial charge on any atom is 0.0811 e. The average Bonchev–Trinajstić information content (AvgIpc) is 3.34. The molecule has 5 unspecified atom stereocenters. The van der Waals surface area contributed by atoms with Crippen molar-refractivity contribution >= 4 is 0 Å². The quantitative estimate of drug-likeness (QED) is 0.350. The van der Waals surface area contributed by atoms with Crippen molar-refractivity contribution in [3.63, 3.8) is 0 Å². The zero-order chi connectivity index (χ0) is 20.3. The van der Waals surface area contributed by atoms with Gasteiger partial charge in [0.05, 0.1) is 6.54 Å². The van der Waals surface area contributed by atoms with E-state index in [1.807, 2.05) is 0 Å². The number of allylic oxidation sites excluding steroid dienone is 2. The van der Waals surface area contributed by atoms with Crippen molar-refractivity contribution in [1.29, 1.82) is 0 Å². The van der Waals surface area contributed by atoms with E-state index in [1.54, 1.807) is 33.4 Å². The molecule has 6 aliphatic rings.